The lowest BCUT2D eigenvalue weighted by atomic mass is 10.2. The first-order valence-corrected chi connectivity index (χ1v) is 5.15. The van der Waals surface area contributed by atoms with Gasteiger partial charge in [0.1, 0.15) is 11.6 Å². The van der Waals surface area contributed by atoms with Gasteiger partial charge in [-0.2, -0.15) is 0 Å². The van der Waals surface area contributed by atoms with Gasteiger partial charge in [-0.3, -0.25) is 0 Å². The fourth-order valence-electron chi connectivity index (χ4n) is 1.50. The average Bonchev–Trinajstić information content (AvgIpc) is 2.63. The van der Waals surface area contributed by atoms with Crippen LogP contribution in [0.25, 0.3) is 0 Å². The van der Waals surface area contributed by atoms with Gasteiger partial charge in [-0.15, -0.1) is 0 Å². The van der Waals surface area contributed by atoms with E-state index in [1.54, 1.807) is 12.3 Å². The number of aryl methyl sites for hydroxylation is 2. The number of benzene rings is 1. The fourth-order valence-corrected chi connectivity index (χ4v) is 1.50. The Balaban J connectivity index is 2.04. The highest BCUT2D eigenvalue weighted by Crippen LogP contribution is 2.15. The average molecular weight is 219 g/mol. The van der Waals surface area contributed by atoms with Crippen LogP contribution in [0.1, 0.15) is 17.1 Å². The Kier molecular flexibility index (Phi) is 2.90. The summed E-state index contributed by atoms with van der Waals surface area (Å²) in [4.78, 5) is 7.22. The normalized spacial score (nSPS) is 10.4. The van der Waals surface area contributed by atoms with E-state index in [1.165, 1.54) is 6.07 Å². The molecule has 3 nitrogen and oxygen atoms in total. The Bertz CT molecular complexity index is 491. The van der Waals surface area contributed by atoms with Gasteiger partial charge in [-0.05, 0) is 31.5 Å². The molecule has 1 heterocycles. The molecule has 0 aliphatic rings. The van der Waals surface area contributed by atoms with Gasteiger partial charge in [-0.25, -0.2) is 9.37 Å². The van der Waals surface area contributed by atoms with Gasteiger partial charge in [0.05, 0.1) is 12.2 Å². The van der Waals surface area contributed by atoms with Crippen LogP contribution in [0.2, 0.25) is 0 Å². The van der Waals surface area contributed by atoms with Crippen LogP contribution in [-0.4, -0.2) is 9.97 Å². The van der Waals surface area contributed by atoms with Gasteiger partial charge in [0.25, 0.3) is 0 Å². The van der Waals surface area contributed by atoms with Crippen LogP contribution in [0.4, 0.5) is 10.1 Å². The second kappa shape index (κ2) is 4.35. The number of hydrogen-bond donors (Lipinski definition) is 2. The third-order valence-electron chi connectivity index (χ3n) is 2.33. The van der Waals surface area contributed by atoms with E-state index >= 15 is 0 Å². The van der Waals surface area contributed by atoms with E-state index in [-0.39, 0.29) is 5.82 Å². The Morgan fingerprint density at radius 3 is 2.81 bits per heavy atom. The molecule has 0 atom stereocenters. The van der Waals surface area contributed by atoms with Gasteiger partial charge in [0.2, 0.25) is 0 Å². The second-order valence-electron chi connectivity index (χ2n) is 3.85. The highest BCUT2D eigenvalue weighted by molar-refractivity contribution is 5.46. The number of rotatable bonds is 3. The van der Waals surface area contributed by atoms with Gasteiger partial charge < -0.3 is 10.3 Å². The monoisotopic (exact) mass is 219 g/mol. The van der Waals surface area contributed by atoms with Crippen LogP contribution in [0, 0.1) is 19.7 Å². The zero-order chi connectivity index (χ0) is 11.5. The van der Waals surface area contributed by atoms with E-state index in [0.29, 0.717) is 12.2 Å². The summed E-state index contributed by atoms with van der Waals surface area (Å²) in [5.74, 6) is 0.570. The molecule has 0 saturated carbocycles. The predicted octanol–water partition coefficient (Wildman–Crippen LogP) is 2.78. The number of halogens is 1. The molecule has 0 saturated heterocycles. The molecule has 1 aromatic heterocycles. The maximum Gasteiger partial charge on any atom is 0.146 e. The number of nitrogens with zero attached hydrogens (tertiary/aromatic N) is 1. The fraction of sp³-hybridized carbons (Fsp3) is 0.250. The molecule has 2 N–H and O–H groups in total. The highest BCUT2D eigenvalue weighted by Gasteiger charge is 2.02. The number of nitrogens with one attached hydrogen (secondary N) is 2. The van der Waals surface area contributed by atoms with E-state index in [1.807, 2.05) is 19.9 Å². The lowest BCUT2D eigenvalue weighted by Crippen LogP contribution is -2.03. The predicted molar refractivity (Wildman–Crippen MR) is 61.8 cm³/mol. The summed E-state index contributed by atoms with van der Waals surface area (Å²) in [6, 6.07) is 5.12. The lowest BCUT2D eigenvalue weighted by molar-refractivity contribution is 0.628. The van der Waals surface area contributed by atoms with E-state index in [0.717, 1.165) is 17.1 Å². The SMILES string of the molecule is Cc1ccc(NCc2ncc(C)[nH]2)c(F)c1. The largest absolute Gasteiger partial charge is 0.375 e. The Morgan fingerprint density at radius 1 is 1.38 bits per heavy atom. The molecule has 2 rings (SSSR count). The van der Waals surface area contributed by atoms with Crippen LogP contribution in [0.3, 0.4) is 0 Å². The first kappa shape index (κ1) is 10.7. The topological polar surface area (TPSA) is 40.7 Å². The van der Waals surface area contributed by atoms with Crippen molar-refractivity contribution in [2.75, 3.05) is 5.32 Å². The van der Waals surface area contributed by atoms with Crippen LogP contribution >= 0.6 is 0 Å². The standard InChI is InChI=1S/C12H14FN3/c1-8-3-4-11(10(13)5-8)14-7-12-15-6-9(2)16-12/h3-6,14H,7H2,1-2H3,(H,15,16). The number of imidazole rings is 1. The van der Waals surface area contributed by atoms with Crippen molar-refractivity contribution < 1.29 is 4.39 Å². The smallest absolute Gasteiger partial charge is 0.146 e. The minimum Gasteiger partial charge on any atom is -0.375 e. The zero-order valence-corrected chi connectivity index (χ0v) is 9.34. The number of anilines is 1. The molecule has 0 aliphatic carbocycles. The molecular formula is C12H14FN3. The first-order valence-electron chi connectivity index (χ1n) is 5.15. The summed E-state index contributed by atoms with van der Waals surface area (Å²) in [6.45, 7) is 4.29. The maximum atomic E-state index is 13.5. The molecule has 1 aromatic carbocycles. The van der Waals surface area contributed by atoms with Crippen molar-refractivity contribution in [1.82, 2.24) is 9.97 Å². The van der Waals surface area contributed by atoms with Crippen molar-refractivity contribution in [2.45, 2.75) is 20.4 Å². The molecule has 4 heteroatoms. The van der Waals surface area contributed by atoms with Crippen molar-refractivity contribution in [3.63, 3.8) is 0 Å². The minimum atomic E-state index is -0.233. The second-order valence-corrected chi connectivity index (χ2v) is 3.85. The summed E-state index contributed by atoms with van der Waals surface area (Å²) in [6.07, 6.45) is 1.75. The van der Waals surface area contributed by atoms with Crippen molar-refractivity contribution in [1.29, 1.82) is 0 Å². The summed E-state index contributed by atoms with van der Waals surface area (Å²) in [5, 5.41) is 3.00. The van der Waals surface area contributed by atoms with Gasteiger partial charge in [0.15, 0.2) is 0 Å². The number of aromatic amines is 1. The van der Waals surface area contributed by atoms with Gasteiger partial charge >= 0.3 is 0 Å². The third kappa shape index (κ3) is 2.39. The van der Waals surface area contributed by atoms with Crippen molar-refractivity contribution in [2.24, 2.45) is 0 Å². The van der Waals surface area contributed by atoms with E-state index < -0.39 is 0 Å². The summed E-state index contributed by atoms with van der Waals surface area (Å²) >= 11 is 0. The van der Waals surface area contributed by atoms with Crippen molar-refractivity contribution in [3.8, 4) is 0 Å². The van der Waals surface area contributed by atoms with Crippen LogP contribution < -0.4 is 5.32 Å². The highest BCUT2D eigenvalue weighted by atomic mass is 19.1. The summed E-state index contributed by atoms with van der Waals surface area (Å²) in [5.41, 5.74) is 2.41. The molecule has 84 valence electrons. The molecule has 0 fully saturated rings. The molecular weight excluding hydrogens is 205 g/mol. The molecule has 16 heavy (non-hydrogen) atoms. The number of aromatic nitrogens is 2. The summed E-state index contributed by atoms with van der Waals surface area (Å²) < 4.78 is 13.5. The third-order valence-corrected chi connectivity index (χ3v) is 2.33. The molecule has 0 spiro atoms. The van der Waals surface area contributed by atoms with Crippen LogP contribution in [0.15, 0.2) is 24.4 Å². The minimum absolute atomic E-state index is 0.233. The number of H-pyrrole nitrogens is 1. The zero-order valence-electron chi connectivity index (χ0n) is 9.34. The Labute approximate surface area is 93.7 Å². The molecule has 2 aromatic rings. The Hall–Kier alpha value is -1.84. The molecule has 0 bridgehead atoms. The van der Waals surface area contributed by atoms with Gasteiger partial charge in [-0.1, -0.05) is 6.07 Å². The Morgan fingerprint density at radius 2 is 2.19 bits per heavy atom. The van der Waals surface area contributed by atoms with E-state index in [9.17, 15) is 4.39 Å². The summed E-state index contributed by atoms with van der Waals surface area (Å²) in [7, 11) is 0. The van der Waals surface area contributed by atoms with Crippen molar-refractivity contribution >= 4 is 5.69 Å². The lowest BCUT2D eigenvalue weighted by Gasteiger charge is -2.06. The van der Waals surface area contributed by atoms with E-state index in [4.69, 9.17) is 0 Å². The maximum absolute atomic E-state index is 13.5. The van der Waals surface area contributed by atoms with Crippen LogP contribution in [-0.2, 0) is 6.54 Å². The molecule has 0 aliphatic heterocycles. The quantitative estimate of drug-likeness (QED) is 0.833. The van der Waals surface area contributed by atoms with Crippen LogP contribution in [0.5, 0.6) is 0 Å². The molecule has 0 amide bonds. The van der Waals surface area contributed by atoms with Crippen molar-refractivity contribution in [3.05, 3.63) is 47.3 Å². The first-order chi connectivity index (χ1) is 7.65. The van der Waals surface area contributed by atoms with Gasteiger partial charge in [0, 0.05) is 11.9 Å². The number of hydrogen-bond acceptors (Lipinski definition) is 2. The molecule has 0 unspecified atom stereocenters. The molecule has 0 radical (unpaired) electrons. The van der Waals surface area contributed by atoms with E-state index in [2.05, 4.69) is 15.3 Å².